The second-order valence-corrected chi connectivity index (χ2v) is 31.5. The zero-order valence-electron chi connectivity index (χ0n) is 57.3. The van der Waals surface area contributed by atoms with Crippen LogP contribution in [0.4, 0.5) is 68.2 Å². The van der Waals surface area contributed by atoms with E-state index in [9.17, 15) is 0 Å². The molecule has 0 atom stereocenters. The number of ether oxygens (including phenoxy) is 2. The van der Waals surface area contributed by atoms with E-state index in [1.54, 1.807) is 0 Å². The van der Waals surface area contributed by atoms with Crippen LogP contribution in [-0.2, 0) is 27.1 Å². The lowest BCUT2D eigenvalue weighted by atomic mass is 9.31. The minimum atomic E-state index is -0.200. The molecule has 0 bridgehead atoms. The zero-order valence-corrected chi connectivity index (χ0v) is 57.3. The predicted octanol–water partition coefficient (Wildman–Crippen LogP) is 19.9. The van der Waals surface area contributed by atoms with Crippen LogP contribution in [0.1, 0.15) is 132 Å². The van der Waals surface area contributed by atoms with Gasteiger partial charge in [0, 0.05) is 80.5 Å². The Balaban J connectivity index is 0.991. The SMILES string of the molecule is CC(C)(C)c1ccc(N(c2ccc(C(C)(C)C)cc2)c2cc3c4c(c2)Oc2cc5c(cc2B4c2ccccc2O3)B2c3ccccc3N(c3ccccc3)c3cc(N(c4ccc(C(C)(C)C)cc4)c4ccc(C(C)(C)C)cc4)cc(c32)N5c2ccc(C(C)(C)C)cc2)cc1. The van der Waals surface area contributed by atoms with Gasteiger partial charge in [0.1, 0.15) is 23.0 Å². The number of para-hydroxylation sites is 3. The number of nitrogens with zero attached hydrogens (tertiary/aromatic N) is 4. The van der Waals surface area contributed by atoms with Crippen molar-refractivity contribution in [3.05, 3.63) is 264 Å². The molecule has 11 aromatic carbocycles. The minimum absolute atomic E-state index is 0.0104. The molecule has 15 rings (SSSR count). The third-order valence-electron chi connectivity index (χ3n) is 19.9. The lowest BCUT2D eigenvalue weighted by molar-refractivity contribution is 0.465. The van der Waals surface area contributed by atoms with E-state index in [1.165, 1.54) is 44.2 Å². The molecule has 4 heterocycles. The van der Waals surface area contributed by atoms with Crippen molar-refractivity contribution in [1.82, 2.24) is 0 Å². The van der Waals surface area contributed by atoms with Crippen LogP contribution in [-0.4, -0.2) is 13.4 Å². The number of fused-ring (bicyclic) bond motifs is 8. The summed E-state index contributed by atoms with van der Waals surface area (Å²) in [5.74, 6) is 3.22. The van der Waals surface area contributed by atoms with Gasteiger partial charge in [-0.2, -0.15) is 0 Å². The van der Waals surface area contributed by atoms with Crippen LogP contribution in [0.5, 0.6) is 23.0 Å². The Morgan fingerprint density at radius 2 is 0.617 bits per heavy atom. The van der Waals surface area contributed by atoms with E-state index in [2.05, 4.69) is 360 Å². The largest absolute Gasteiger partial charge is 0.458 e. The van der Waals surface area contributed by atoms with Crippen LogP contribution in [0, 0.1) is 0 Å². The van der Waals surface area contributed by atoms with E-state index < -0.39 is 0 Å². The fourth-order valence-corrected chi connectivity index (χ4v) is 14.7. The molecule has 0 radical (unpaired) electrons. The standard InChI is InChI=1S/C86H84B2N4O2/c1-82(2,3)55-29-39-61(40-30-55)89(62-41-31-56(32-42-62)83(4,5)6)66-49-74-80-75(50-66)92(65-47-37-59(38-48-65)86(13,14)15)73-54-77-71(53-70(73)87(80)68-25-19-21-27-72(68)91(74)60-23-17-16-18-24-60)88-69-26-20-22-28-76(69)93-78-51-67(52-79(94-77)81(78)88)90(63-43-33-57(34-44-63)84(7,8)9)64-45-35-58(36-46-64)85(10,11)12/h16-54H,1-15H3. The summed E-state index contributed by atoms with van der Waals surface area (Å²) in [4.78, 5) is 9.89. The number of hydrogen-bond acceptors (Lipinski definition) is 6. The summed E-state index contributed by atoms with van der Waals surface area (Å²) in [6.45, 7) is 33.9. The van der Waals surface area contributed by atoms with Crippen molar-refractivity contribution < 1.29 is 9.47 Å². The molecule has 6 nitrogen and oxygen atoms in total. The summed E-state index contributed by atoms with van der Waals surface area (Å²) < 4.78 is 14.9. The fourth-order valence-electron chi connectivity index (χ4n) is 14.7. The Hall–Kier alpha value is -9.65. The summed E-state index contributed by atoms with van der Waals surface area (Å²) in [5.41, 5.74) is 26.1. The van der Waals surface area contributed by atoms with Crippen LogP contribution in [0.2, 0.25) is 0 Å². The molecule has 0 aromatic heterocycles. The quantitative estimate of drug-likeness (QED) is 0.141. The second kappa shape index (κ2) is 22.0. The maximum absolute atomic E-state index is 7.68. The van der Waals surface area contributed by atoms with Gasteiger partial charge in [-0.25, -0.2) is 0 Å². The van der Waals surface area contributed by atoms with E-state index in [0.717, 1.165) is 108 Å². The molecule has 11 aromatic rings. The minimum Gasteiger partial charge on any atom is -0.458 e. The van der Waals surface area contributed by atoms with Crippen molar-refractivity contribution in [2.24, 2.45) is 0 Å². The third kappa shape index (κ3) is 10.5. The Labute approximate surface area is 558 Å². The number of rotatable bonds is 8. The van der Waals surface area contributed by atoms with E-state index in [0.29, 0.717) is 0 Å². The van der Waals surface area contributed by atoms with Crippen molar-refractivity contribution >= 4 is 114 Å². The normalized spacial score (nSPS) is 13.8. The first-order valence-corrected chi connectivity index (χ1v) is 33.6. The van der Waals surface area contributed by atoms with Crippen molar-refractivity contribution in [3.63, 3.8) is 0 Å². The third-order valence-corrected chi connectivity index (χ3v) is 19.9. The Morgan fingerprint density at radius 1 is 0.255 bits per heavy atom. The molecule has 4 aliphatic rings. The summed E-state index contributed by atoms with van der Waals surface area (Å²) in [7, 11) is 0. The number of hydrogen-bond donors (Lipinski definition) is 0. The van der Waals surface area contributed by atoms with Crippen molar-refractivity contribution in [2.45, 2.75) is 131 Å². The first-order valence-electron chi connectivity index (χ1n) is 33.6. The molecule has 0 spiro atoms. The summed E-state index contributed by atoms with van der Waals surface area (Å²) >= 11 is 0. The molecule has 94 heavy (non-hydrogen) atoms. The molecule has 0 aliphatic carbocycles. The first kappa shape index (κ1) is 60.6. The molecule has 0 fully saturated rings. The number of anilines is 12. The summed E-state index contributed by atoms with van der Waals surface area (Å²) in [5, 5.41) is 0. The Morgan fingerprint density at radius 3 is 1.07 bits per heavy atom. The monoisotopic (exact) mass is 1230 g/mol. The van der Waals surface area contributed by atoms with Crippen molar-refractivity contribution in [2.75, 3.05) is 19.6 Å². The highest BCUT2D eigenvalue weighted by molar-refractivity contribution is 7.02. The van der Waals surface area contributed by atoms with E-state index >= 15 is 0 Å². The average molecular weight is 1230 g/mol. The highest BCUT2D eigenvalue weighted by atomic mass is 16.5. The van der Waals surface area contributed by atoms with Crippen molar-refractivity contribution in [3.8, 4) is 23.0 Å². The molecule has 4 aliphatic heterocycles. The van der Waals surface area contributed by atoms with Gasteiger partial charge in [-0.3, -0.25) is 0 Å². The van der Waals surface area contributed by atoms with E-state index in [1.807, 2.05) is 0 Å². The van der Waals surface area contributed by atoms with Gasteiger partial charge in [-0.1, -0.05) is 225 Å². The van der Waals surface area contributed by atoms with Gasteiger partial charge in [0.05, 0.1) is 11.4 Å². The van der Waals surface area contributed by atoms with E-state index in [4.69, 9.17) is 9.47 Å². The van der Waals surface area contributed by atoms with Gasteiger partial charge < -0.3 is 29.1 Å². The highest BCUT2D eigenvalue weighted by Crippen LogP contribution is 2.51. The molecular formula is C86H84B2N4O2. The molecule has 0 saturated carbocycles. The molecule has 0 unspecified atom stereocenters. The smallest absolute Gasteiger partial charge is 0.260 e. The molecule has 0 N–H and O–H groups in total. The van der Waals surface area contributed by atoms with Crippen LogP contribution >= 0.6 is 0 Å². The van der Waals surface area contributed by atoms with Crippen LogP contribution < -0.4 is 61.9 Å². The molecular weight excluding hydrogens is 1140 g/mol. The molecule has 466 valence electrons. The van der Waals surface area contributed by atoms with Gasteiger partial charge in [0.15, 0.2) is 0 Å². The van der Waals surface area contributed by atoms with Gasteiger partial charge in [-0.05, 0) is 179 Å². The van der Waals surface area contributed by atoms with Gasteiger partial charge >= 0.3 is 0 Å². The molecule has 0 saturated heterocycles. The predicted molar refractivity (Wildman–Crippen MR) is 401 cm³/mol. The highest BCUT2D eigenvalue weighted by Gasteiger charge is 2.48. The zero-order chi connectivity index (χ0) is 65.5. The Bertz CT molecular complexity index is 4620. The van der Waals surface area contributed by atoms with Crippen molar-refractivity contribution in [1.29, 1.82) is 0 Å². The topological polar surface area (TPSA) is 31.4 Å². The number of benzene rings is 11. The van der Waals surface area contributed by atoms with Gasteiger partial charge in [0.2, 0.25) is 0 Å². The molecule has 8 heteroatoms. The van der Waals surface area contributed by atoms with Crippen LogP contribution in [0.15, 0.2) is 237 Å². The lowest BCUT2D eigenvalue weighted by Crippen LogP contribution is -2.64. The summed E-state index contributed by atoms with van der Waals surface area (Å²) in [6, 6.07) is 89.0. The van der Waals surface area contributed by atoms with Crippen LogP contribution in [0.25, 0.3) is 0 Å². The maximum atomic E-state index is 7.68. The first-order chi connectivity index (χ1) is 44.8. The fraction of sp³-hybridized carbons (Fsp3) is 0.233. The molecule has 0 amide bonds. The average Bonchev–Trinajstić information content (AvgIpc) is 0.691. The second-order valence-electron chi connectivity index (χ2n) is 31.5. The maximum Gasteiger partial charge on any atom is 0.260 e. The van der Waals surface area contributed by atoms with Gasteiger partial charge in [-0.15, -0.1) is 0 Å². The Kier molecular flexibility index (Phi) is 14.2. The lowest BCUT2D eigenvalue weighted by Gasteiger charge is -2.45. The van der Waals surface area contributed by atoms with Gasteiger partial charge in [0.25, 0.3) is 13.4 Å². The van der Waals surface area contributed by atoms with E-state index in [-0.39, 0.29) is 40.5 Å². The summed E-state index contributed by atoms with van der Waals surface area (Å²) in [6.07, 6.45) is 0. The van der Waals surface area contributed by atoms with Crippen LogP contribution in [0.3, 0.4) is 0 Å².